The van der Waals surface area contributed by atoms with Gasteiger partial charge >= 0.3 is 0 Å². The zero-order chi connectivity index (χ0) is 14.7. The SMILES string of the molecule is Cc1ccc(C(CNC2CC2)Cc2cccc(Cl)c2)cc1. The van der Waals surface area contributed by atoms with Crippen LogP contribution in [0.5, 0.6) is 0 Å². The third-order valence-corrected chi connectivity index (χ3v) is 4.39. The van der Waals surface area contributed by atoms with Crippen LogP contribution in [-0.2, 0) is 6.42 Å². The van der Waals surface area contributed by atoms with E-state index in [9.17, 15) is 0 Å². The second-order valence-electron chi connectivity index (χ2n) is 6.12. The molecule has 0 radical (unpaired) electrons. The van der Waals surface area contributed by atoms with Gasteiger partial charge in [0.15, 0.2) is 0 Å². The van der Waals surface area contributed by atoms with Crippen molar-refractivity contribution < 1.29 is 0 Å². The fourth-order valence-electron chi connectivity index (χ4n) is 2.69. The van der Waals surface area contributed by atoms with E-state index in [0.29, 0.717) is 5.92 Å². The van der Waals surface area contributed by atoms with Crippen molar-refractivity contribution >= 4 is 11.6 Å². The summed E-state index contributed by atoms with van der Waals surface area (Å²) < 4.78 is 0. The monoisotopic (exact) mass is 299 g/mol. The molecule has 21 heavy (non-hydrogen) atoms. The van der Waals surface area contributed by atoms with Crippen LogP contribution in [0.3, 0.4) is 0 Å². The van der Waals surface area contributed by atoms with E-state index in [2.05, 4.69) is 48.6 Å². The number of rotatable bonds is 6. The van der Waals surface area contributed by atoms with Crippen molar-refractivity contribution in [1.29, 1.82) is 0 Å². The van der Waals surface area contributed by atoms with Gasteiger partial charge in [-0.1, -0.05) is 53.6 Å². The molecule has 2 aromatic carbocycles. The highest BCUT2D eigenvalue weighted by Gasteiger charge is 2.22. The zero-order valence-corrected chi connectivity index (χ0v) is 13.2. The average Bonchev–Trinajstić information content (AvgIpc) is 3.29. The molecule has 1 unspecified atom stereocenters. The largest absolute Gasteiger partial charge is 0.313 e. The van der Waals surface area contributed by atoms with Crippen molar-refractivity contribution in [2.45, 2.75) is 38.1 Å². The van der Waals surface area contributed by atoms with Crippen LogP contribution in [0.1, 0.15) is 35.4 Å². The van der Waals surface area contributed by atoms with Crippen molar-refractivity contribution in [1.82, 2.24) is 5.32 Å². The quantitative estimate of drug-likeness (QED) is 0.813. The topological polar surface area (TPSA) is 12.0 Å². The second kappa shape index (κ2) is 6.64. The van der Waals surface area contributed by atoms with Crippen LogP contribution >= 0.6 is 11.6 Å². The fourth-order valence-corrected chi connectivity index (χ4v) is 2.90. The molecule has 0 bridgehead atoms. The number of nitrogens with one attached hydrogen (secondary N) is 1. The summed E-state index contributed by atoms with van der Waals surface area (Å²) in [7, 11) is 0. The molecule has 1 N–H and O–H groups in total. The van der Waals surface area contributed by atoms with E-state index in [4.69, 9.17) is 11.6 Å². The van der Waals surface area contributed by atoms with E-state index in [1.54, 1.807) is 0 Å². The Morgan fingerprint density at radius 3 is 2.57 bits per heavy atom. The first-order valence-corrected chi connectivity index (χ1v) is 8.13. The van der Waals surface area contributed by atoms with E-state index in [1.807, 2.05) is 12.1 Å². The van der Waals surface area contributed by atoms with Crippen LogP contribution in [-0.4, -0.2) is 12.6 Å². The van der Waals surface area contributed by atoms with Gasteiger partial charge in [-0.2, -0.15) is 0 Å². The maximum absolute atomic E-state index is 6.12. The van der Waals surface area contributed by atoms with Crippen molar-refractivity contribution in [3.63, 3.8) is 0 Å². The van der Waals surface area contributed by atoms with Gasteiger partial charge in [0.25, 0.3) is 0 Å². The van der Waals surface area contributed by atoms with Gasteiger partial charge in [-0.05, 0) is 49.4 Å². The summed E-state index contributed by atoms with van der Waals surface area (Å²) >= 11 is 6.12. The van der Waals surface area contributed by atoms with Gasteiger partial charge in [-0.3, -0.25) is 0 Å². The lowest BCUT2D eigenvalue weighted by Gasteiger charge is -2.19. The molecule has 1 aliphatic carbocycles. The number of aryl methyl sites for hydroxylation is 1. The average molecular weight is 300 g/mol. The first-order chi connectivity index (χ1) is 10.2. The van der Waals surface area contributed by atoms with Crippen LogP contribution in [0, 0.1) is 6.92 Å². The lowest BCUT2D eigenvalue weighted by Crippen LogP contribution is -2.24. The number of halogens is 1. The molecule has 0 aromatic heterocycles. The Hall–Kier alpha value is -1.31. The Morgan fingerprint density at radius 1 is 1.14 bits per heavy atom. The minimum absolute atomic E-state index is 0.504. The van der Waals surface area contributed by atoms with Crippen molar-refractivity contribution in [3.8, 4) is 0 Å². The Labute approximate surface area is 132 Å². The molecule has 0 aliphatic heterocycles. The molecule has 1 atom stereocenters. The summed E-state index contributed by atoms with van der Waals surface area (Å²) in [5.41, 5.74) is 4.04. The molecule has 0 saturated heterocycles. The molecule has 2 heteroatoms. The van der Waals surface area contributed by atoms with Gasteiger partial charge in [0.2, 0.25) is 0 Å². The standard InChI is InChI=1S/C19H22ClN/c1-14-5-7-16(8-6-14)17(13-21-19-9-10-19)11-15-3-2-4-18(20)12-15/h2-8,12,17,19,21H,9-11,13H2,1H3. The van der Waals surface area contributed by atoms with Crippen molar-refractivity contribution in [3.05, 3.63) is 70.2 Å². The molecule has 0 spiro atoms. The van der Waals surface area contributed by atoms with E-state index in [0.717, 1.165) is 24.0 Å². The normalized spacial score (nSPS) is 15.9. The lowest BCUT2D eigenvalue weighted by atomic mass is 9.91. The Morgan fingerprint density at radius 2 is 1.90 bits per heavy atom. The molecule has 110 valence electrons. The predicted molar refractivity (Wildman–Crippen MR) is 90.1 cm³/mol. The summed E-state index contributed by atoms with van der Waals surface area (Å²) in [6, 6.07) is 17.9. The van der Waals surface area contributed by atoms with E-state index in [1.165, 1.54) is 29.5 Å². The summed E-state index contributed by atoms with van der Waals surface area (Å²) in [6.45, 7) is 3.18. The zero-order valence-electron chi connectivity index (χ0n) is 12.5. The van der Waals surface area contributed by atoms with Crippen LogP contribution < -0.4 is 5.32 Å². The third kappa shape index (κ3) is 4.33. The first-order valence-electron chi connectivity index (χ1n) is 7.75. The molecule has 0 heterocycles. The number of hydrogen-bond acceptors (Lipinski definition) is 1. The Bertz CT molecular complexity index is 587. The summed E-state index contributed by atoms with van der Waals surface area (Å²) in [6.07, 6.45) is 3.69. The summed E-state index contributed by atoms with van der Waals surface area (Å²) in [4.78, 5) is 0. The second-order valence-corrected chi connectivity index (χ2v) is 6.56. The van der Waals surface area contributed by atoms with E-state index >= 15 is 0 Å². The summed E-state index contributed by atoms with van der Waals surface area (Å²) in [5, 5.41) is 4.50. The van der Waals surface area contributed by atoms with Crippen LogP contribution in [0.2, 0.25) is 5.02 Å². The highest BCUT2D eigenvalue weighted by Crippen LogP contribution is 2.25. The maximum Gasteiger partial charge on any atom is 0.0408 e. The molecular weight excluding hydrogens is 278 g/mol. The van der Waals surface area contributed by atoms with Gasteiger partial charge in [-0.25, -0.2) is 0 Å². The van der Waals surface area contributed by atoms with Gasteiger partial charge in [-0.15, -0.1) is 0 Å². The van der Waals surface area contributed by atoms with Gasteiger partial charge in [0, 0.05) is 23.5 Å². The van der Waals surface area contributed by atoms with Crippen molar-refractivity contribution in [2.24, 2.45) is 0 Å². The van der Waals surface area contributed by atoms with Crippen LogP contribution in [0.25, 0.3) is 0 Å². The maximum atomic E-state index is 6.12. The molecular formula is C19H22ClN. The first kappa shape index (κ1) is 14.6. The summed E-state index contributed by atoms with van der Waals surface area (Å²) in [5.74, 6) is 0.504. The Kier molecular flexibility index (Phi) is 4.62. The van der Waals surface area contributed by atoms with Gasteiger partial charge in [0.05, 0.1) is 0 Å². The molecule has 1 nitrogen and oxygen atoms in total. The molecule has 1 saturated carbocycles. The predicted octanol–water partition coefficient (Wildman–Crippen LogP) is 4.73. The third-order valence-electron chi connectivity index (χ3n) is 4.15. The van der Waals surface area contributed by atoms with E-state index < -0.39 is 0 Å². The molecule has 1 aliphatic rings. The van der Waals surface area contributed by atoms with Crippen LogP contribution in [0.15, 0.2) is 48.5 Å². The highest BCUT2D eigenvalue weighted by atomic mass is 35.5. The van der Waals surface area contributed by atoms with Crippen LogP contribution in [0.4, 0.5) is 0 Å². The smallest absolute Gasteiger partial charge is 0.0408 e. The molecule has 0 amide bonds. The lowest BCUT2D eigenvalue weighted by molar-refractivity contribution is 0.577. The molecule has 1 fully saturated rings. The van der Waals surface area contributed by atoms with Crippen molar-refractivity contribution in [2.75, 3.05) is 6.54 Å². The fraction of sp³-hybridized carbons (Fsp3) is 0.368. The number of hydrogen-bond donors (Lipinski definition) is 1. The molecule has 2 aromatic rings. The van der Waals surface area contributed by atoms with Gasteiger partial charge < -0.3 is 5.32 Å². The molecule has 3 rings (SSSR count). The Balaban J connectivity index is 1.75. The van der Waals surface area contributed by atoms with E-state index in [-0.39, 0.29) is 0 Å². The minimum atomic E-state index is 0.504. The number of benzene rings is 2. The minimum Gasteiger partial charge on any atom is -0.313 e. The highest BCUT2D eigenvalue weighted by molar-refractivity contribution is 6.30. The van der Waals surface area contributed by atoms with Gasteiger partial charge in [0.1, 0.15) is 0 Å².